The molecule has 1 fully saturated rings. The molecular weight excluding hydrogens is 514 g/mol. The van der Waals surface area contributed by atoms with Crippen LogP contribution in [-0.4, -0.2) is 46.0 Å². The fourth-order valence-electron chi connectivity index (χ4n) is 3.04. The zero-order valence-electron chi connectivity index (χ0n) is 18.7. The van der Waals surface area contributed by atoms with E-state index in [9.17, 15) is 9.59 Å². The molecule has 0 unspecified atom stereocenters. The second-order valence-corrected chi connectivity index (χ2v) is 10.4. The number of hydrogen-bond donors (Lipinski definition) is 1. The minimum atomic E-state index is -0.799. The van der Waals surface area contributed by atoms with Crippen molar-refractivity contribution in [3.8, 4) is 11.5 Å². The normalized spacial score (nSPS) is 15.2. The van der Waals surface area contributed by atoms with Gasteiger partial charge < -0.3 is 14.6 Å². The number of hydrogen-bond acceptors (Lipinski definition) is 6. The van der Waals surface area contributed by atoms with E-state index >= 15 is 0 Å². The van der Waals surface area contributed by atoms with E-state index in [1.807, 2.05) is 25.1 Å². The summed E-state index contributed by atoms with van der Waals surface area (Å²) in [5.41, 5.74) is 0.818. The lowest BCUT2D eigenvalue weighted by Crippen LogP contribution is -2.29. The molecule has 1 aromatic carbocycles. The van der Waals surface area contributed by atoms with Crippen molar-refractivity contribution < 1.29 is 24.2 Å². The first-order chi connectivity index (χ1) is 15.2. The van der Waals surface area contributed by atoms with Crippen LogP contribution in [0.5, 0.6) is 11.5 Å². The molecule has 6 nitrogen and oxygen atoms in total. The molecule has 1 heterocycles. The van der Waals surface area contributed by atoms with E-state index in [1.54, 1.807) is 4.90 Å². The van der Waals surface area contributed by atoms with Gasteiger partial charge in [0.2, 0.25) is 0 Å². The first kappa shape index (κ1) is 26.7. The number of nitrogens with zero attached hydrogens (tertiary/aromatic N) is 1. The average molecular weight is 545 g/mol. The first-order valence-corrected chi connectivity index (χ1v) is 12.8. The number of halogens is 1. The molecule has 2 rings (SSSR count). The SMILES string of the molecule is CCOc1cc(/C=C2/SC(=S)N(CCCCCC(=O)O)C2=O)cc(Br)c1OCCC(C)C. The highest BCUT2D eigenvalue weighted by Gasteiger charge is 2.31. The van der Waals surface area contributed by atoms with Crippen LogP contribution in [0, 0.1) is 5.92 Å². The number of thioether (sulfide) groups is 1. The van der Waals surface area contributed by atoms with Crippen molar-refractivity contribution in [1.82, 2.24) is 4.90 Å². The molecule has 1 amide bonds. The highest BCUT2D eigenvalue weighted by Crippen LogP contribution is 2.39. The summed E-state index contributed by atoms with van der Waals surface area (Å²) in [5.74, 6) is 0.920. The maximum absolute atomic E-state index is 12.8. The van der Waals surface area contributed by atoms with E-state index < -0.39 is 5.97 Å². The molecule has 0 saturated carbocycles. The molecule has 0 spiro atoms. The Morgan fingerprint density at radius 1 is 1.28 bits per heavy atom. The van der Waals surface area contributed by atoms with Gasteiger partial charge in [-0.25, -0.2) is 0 Å². The van der Waals surface area contributed by atoms with Gasteiger partial charge in [0.25, 0.3) is 5.91 Å². The molecule has 0 atom stereocenters. The van der Waals surface area contributed by atoms with Crippen molar-refractivity contribution in [2.45, 2.75) is 52.9 Å². The molecule has 0 radical (unpaired) electrons. The van der Waals surface area contributed by atoms with Gasteiger partial charge in [-0.1, -0.05) is 44.2 Å². The molecule has 1 N–H and O–H groups in total. The lowest BCUT2D eigenvalue weighted by molar-refractivity contribution is -0.137. The van der Waals surface area contributed by atoms with E-state index in [2.05, 4.69) is 29.8 Å². The fraction of sp³-hybridized carbons (Fsp3) is 0.522. The first-order valence-electron chi connectivity index (χ1n) is 10.8. The number of carbonyl (C=O) groups excluding carboxylic acids is 1. The molecule has 9 heteroatoms. The fourth-order valence-corrected chi connectivity index (χ4v) is 4.92. The summed E-state index contributed by atoms with van der Waals surface area (Å²) in [4.78, 5) is 25.6. The van der Waals surface area contributed by atoms with Gasteiger partial charge in [0, 0.05) is 13.0 Å². The van der Waals surface area contributed by atoms with Crippen LogP contribution in [0.2, 0.25) is 0 Å². The number of rotatable bonds is 13. The van der Waals surface area contributed by atoms with Gasteiger partial charge in [-0.05, 0) is 71.8 Å². The van der Waals surface area contributed by atoms with Crippen molar-refractivity contribution in [3.63, 3.8) is 0 Å². The Balaban J connectivity index is 2.10. The summed E-state index contributed by atoms with van der Waals surface area (Å²) in [5, 5.41) is 8.72. The minimum absolute atomic E-state index is 0.121. The third kappa shape index (κ3) is 8.08. The zero-order valence-corrected chi connectivity index (χ0v) is 21.9. The molecule has 1 saturated heterocycles. The Labute approximate surface area is 207 Å². The number of amides is 1. The zero-order chi connectivity index (χ0) is 23.7. The maximum atomic E-state index is 12.8. The van der Waals surface area contributed by atoms with Crippen LogP contribution < -0.4 is 9.47 Å². The number of ether oxygens (including phenoxy) is 2. The van der Waals surface area contributed by atoms with Crippen molar-refractivity contribution in [2.75, 3.05) is 19.8 Å². The third-order valence-corrected chi connectivity index (χ3v) is 6.68. The highest BCUT2D eigenvalue weighted by atomic mass is 79.9. The lowest BCUT2D eigenvalue weighted by atomic mass is 10.1. The number of carbonyl (C=O) groups is 2. The Morgan fingerprint density at radius 3 is 2.69 bits per heavy atom. The maximum Gasteiger partial charge on any atom is 0.303 e. The van der Waals surface area contributed by atoms with E-state index in [1.165, 1.54) is 11.8 Å². The summed E-state index contributed by atoms with van der Waals surface area (Å²) in [7, 11) is 0. The summed E-state index contributed by atoms with van der Waals surface area (Å²) in [6.07, 6.45) is 4.96. The van der Waals surface area contributed by atoms with Crippen molar-refractivity contribution in [1.29, 1.82) is 0 Å². The van der Waals surface area contributed by atoms with E-state index in [4.69, 9.17) is 26.8 Å². The monoisotopic (exact) mass is 543 g/mol. The standard InChI is InChI=1S/C23H30BrNO5S2/c1-4-29-18-13-16(12-17(24)21(18)30-11-9-15(2)3)14-19-22(28)25(23(31)32-19)10-7-5-6-8-20(26)27/h12-15H,4-11H2,1-3H3,(H,26,27)/b19-14+. The van der Waals surface area contributed by atoms with Crippen molar-refractivity contribution >= 4 is 62.2 Å². The molecule has 1 aliphatic heterocycles. The number of unbranched alkanes of at least 4 members (excludes halogenated alkanes) is 2. The van der Waals surface area contributed by atoms with Crippen LogP contribution >= 0.6 is 39.9 Å². The predicted molar refractivity (Wildman–Crippen MR) is 136 cm³/mol. The van der Waals surface area contributed by atoms with Gasteiger partial charge in [0.05, 0.1) is 22.6 Å². The van der Waals surface area contributed by atoms with Gasteiger partial charge >= 0.3 is 5.97 Å². The van der Waals surface area contributed by atoms with Gasteiger partial charge in [-0.2, -0.15) is 0 Å². The van der Waals surface area contributed by atoms with Crippen molar-refractivity contribution in [3.05, 3.63) is 27.1 Å². The van der Waals surface area contributed by atoms with Crippen LogP contribution in [0.15, 0.2) is 21.5 Å². The third-order valence-electron chi connectivity index (χ3n) is 4.72. The summed E-state index contributed by atoms with van der Waals surface area (Å²) in [6, 6.07) is 3.78. The topological polar surface area (TPSA) is 76.1 Å². The molecule has 0 aromatic heterocycles. The quantitative estimate of drug-likeness (QED) is 0.182. The lowest BCUT2D eigenvalue weighted by Gasteiger charge is -2.15. The molecule has 0 bridgehead atoms. The number of thiocarbonyl (C=S) groups is 1. The molecule has 1 aliphatic rings. The van der Waals surface area contributed by atoms with Gasteiger partial charge in [-0.3, -0.25) is 14.5 Å². The molecule has 32 heavy (non-hydrogen) atoms. The average Bonchev–Trinajstić information content (AvgIpc) is 2.96. The Hall–Kier alpha value is -1.58. The molecule has 176 valence electrons. The second kappa shape index (κ2) is 13.2. The number of aliphatic carboxylic acids is 1. The summed E-state index contributed by atoms with van der Waals surface area (Å²) in [6.45, 7) is 7.81. The smallest absolute Gasteiger partial charge is 0.303 e. The Morgan fingerprint density at radius 2 is 2.03 bits per heavy atom. The van der Waals surface area contributed by atoms with E-state index in [-0.39, 0.29) is 12.3 Å². The number of carboxylic acid groups (broad SMARTS) is 1. The predicted octanol–water partition coefficient (Wildman–Crippen LogP) is 6.12. The minimum Gasteiger partial charge on any atom is -0.490 e. The van der Waals surface area contributed by atoms with Gasteiger partial charge in [-0.15, -0.1) is 0 Å². The Bertz CT molecular complexity index is 872. The number of benzene rings is 1. The van der Waals surface area contributed by atoms with Crippen LogP contribution in [0.1, 0.15) is 58.4 Å². The molecular formula is C23H30BrNO5S2. The largest absolute Gasteiger partial charge is 0.490 e. The van der Waals surface area contributed by atoms with Crippen LogP contribution in [0.4, 0.5) is 0 Å². The van der Waals surface area contributed by atoms with Crippen LogP contribution in [0.25, 0.3) is 6.08 Å². The number of carboxylic acids is 1. The van der Waals surface area contributed by atoms with Crippen molar-refractivity contribution in [2.24, 2.45) is 5.92 Å². The van der Waals surface area contributed by atoms with Gasteiger partial charge in [0.15, 0.2) is 11.5 Å². The molecule has 1 aromatic rings. The van der Waals surface area contributed by atoms with Gasteiger partial charge in [0.1, 0.15) is 4.32 Å². The van der Waals surface area contributed by atoms with E-state index in [0.717, 1.165) is 29.3 Å². The highest BCUT2D eigenvalue weighted by molar-refractivity contribution is 9.10. The van der Waals surface area contributed by atoms with Crippen LogP contribution in [0.3, 0.4) is 0 Å². The Kier molecular flexibility index (Phi) is 11.0. The summed E-state index contributed by atoms with van der Waals surface area (Å²) < 4.78 is 13.0. The second-order valence-electron chi connectivity index (χ2n) is 7.83. The summed E-state index contributed by atoms with van der Waals surface area (Å²) >= 11 is 10.2. The van der Waals surface area contributed by atoms with Crippen LogP contribution in [-0.2, 0) is 9.59 Å². The molecule has 0 aliphatic carbocycles. The van der Waals surface area contributed by atoms with E-state index in [0.29, 0.717) is 52.8 Å².